The first-order valence-corrected chi connectivity index (χ1v) is 7.88. The van der Waals surface area contributed by atoms with Crippen molar-refractivity contribution in [3.05, 3.63) is 59.2 Å². The zero-order valence-electron chi connectivity index (χ0n) is 13.8. The van der Waals surface area contributed by atoms with Crippen molar-refractivity contribution in [1.82, 2.24) is 5.32 Å². The van der Waals surface area contributed by atoms with Crippen LogP contribution in [0.2, 0.25) is 0 Å². The molecule has 1 aliphatic heterocycles. The molecule has 1 aliphatic rings. The number of nitrogens with one attached hydrogen (secondary N) is 1. The number of rotatable bonds is 4. The highest BCUT2D eigenvalue weighted by molar-refractivity contribution is 5.97. The van der Waals surface area contributed by atoms with Gasteiger partial charge in [0.2, 0.25) is 5.91 Å². The monoisotopic (exact) mass is 324 g/mol. The number of fused-ring (bicyclic) bond motifs is 1. The summed E-state index contributed by atoms with van der Waals surface area (Å²) in [7, 11) is 1.73. The van der Waals surface area contributed by atoms with Gasteiger partial charge in [0.1, 0.15) is 5.75 Å². The molecule has 0 radical (unpaired) electrons. The summed E-state index contributed by atoms with van der Waals surface area (Å²) in [6, 6.07) is 13.5. The molecule has 124 valence electrons. The molecule has 0 atom stereocenters. The molecule has 2 aromatic carbocycles. The van der Waals surface area contributed by atoms with E-state index in [9.17, 15) is 9.59 Å². The molecule has 1 heterocycles. The van der Waals surface area contributed by atoms with Gasteiger partial charge in [0.25, 0.3) is 5.91 Å². The van der Waals surface area contributed by atoms with Crippen LogP contribution < -0.4 is 15.0 Å². The van der Waals surface area contributed by atoms with E-state index < -0.39 is 0 Å². The molecule has 5 heteroatoms. The molecule has 2 aromatic rings. The number of likely N-dealkylation sites (N-methyl/N-ethyl adjacent to an activating group) is 1. The lowest BCUT2D eigenvalue weighted by Crippen LogP contribution is -2.35. The van der Waals surface area contributed by atoms with Crippen molar-refractivity contribution in [2.75, 3.05) is 18.6 Å². The molecular weight excluding hydrogens is 304 g/mol. The second-order valence-electron chi connectivity index (χ2n) is 5.92. The van der Waals surface area contributed by atoms with Gasteiger partial charge in [-0.05, 0) is 35.7 Å². The molecule has 1 N–H and O–H groups in total. The van der Waals surface area contributed by atoms with Crippen LogP contribution in [0.3, 0.4) is 0 Å². The van der Waals surface area contributed by atoms with Crippen LogP contribution in [0.5, 0.6) is 5.75 Å². The molecule has 2 amide bonds. The van der Waals surface area contributed by atoms with E-state index in [1.807, 2.05) is 49.4 Å². The predicted octanol–water partition coefficient (Wildman–Crippen LogP) is 2.21. The standard InChI is InChI=1S/C19H20N2O3/c1-13-5-3-4-6-15(13)10-18(22)20-11-14-7-8-17-16(9-14)21(2)19(23)12-24-17/h3-9H,10-12H2,1-2H3,(H,20,22). The number of carbonyl (C=O) groups is 2. The Hall–Kier alpha value is -2.82. The summed E-state index contributed by atoms with van der Waals surface area (Å²) in [5, 5.41) is 2.92. The SMILES string of the molecule is Cc1ccccc1CC(=O)NCc1ccc2c(c1)N(C)C(=O)CO2. The summed E-state index contributed by atoms with van der Waals surface area (Å²) < 4.78 is 5.40. The number of hydrogen-bond acceptors (Lipinski definition) is 3. The van der Waals surface area contributed by atoms with Crippen LogP contribution in [-0.4, -0.2) is 25.5 Å². The number of amides is 2. The molecule has 0 fully saturated rings. The lowest BCUT2D eigenvalue weighted by Gasteiger charge is -2.26. The summed E-state index contributed by atoms with van der Waals surface area (Å²) in [5.41, 5.74) is 3.80. The van der Waals surface area contributed by atoms with Gasteiger partial charge in [-0.3, -0.25) is 9.59 Å². The maximum absolute atomic E-state index is 12.1. The van der Waals surface area contributed by atoms with E-state index in [0.29, 0.717) is 18.7 Å². The molecule has 0 aromatic heterocycles. The Morgan fingerprint density at radius 3 is 2.83 bits per heavy atom. The minimum Gasteiger partial charge on any atom is -0.482 e. The van der Waals surface area contributed by atoms with Gasteiger partial charge in [-0.25, -0.2) is 0 Å². The Morgan fingerprint density at radius 1 is 1.25 bits per heavy atom. The second-order valence-corrected chi connectivity index (χ2v) is 5.92. The van der Waals surface area contributed by atoms with E-state index in [1.54, 1.807) is 11.9 Å². The third-order valence-corrected chi connectivity index (χ3v) is 4.21. The average Bonchev–Trinajstić information content (AvgIpc) is 2.58. The van der Waals surface area contributed by atoms with Gasteiger partial charge in [-0.1, -0.05) is 30.3 Å². The Morgan fingerprint density at radius 2 is 2.04 bits per heavy atom. The minimum absolute atomic E-state index is 0.0253. The predicted molar refractivity (Wildman–Crippen MR) is 92.1 cm³/mol. The highest BCUT2D eigenvalue weighted by Crippen LogP contribution is 2.31. The highest BCUT2D eigenvalue weighted by Gasteiger charge is 2.22. The number of hydrogen-bond donors (Lipinski definition) is 1. The Kier molecular flexibility index (Phi) is 4.51. The lowest BCUT2D eigenvalue weighted by atomic mass is 10.1. The lowest BCUT2D eigenvalue weighted by molar-refractivity contribution is -0.121. The summed E-state index contributed by atoms with van der Waals surface area (Å²) in [4.78, 5) is 25.4. The van der Waals surface area contributed by atoms with Crippen molar-refractivity contribution < 1.29 is 14.3 Å². The van der Waals surface area contributed by atoms with Crippen molar-refractivity contribution >= 4 is 17.5 Å². The molecule has 5 nitrogen and oxygen atoms in total. The molecule has 24 heavy (non-hydrogen) atoms. The van der Waals surface area contributed by atoms with Gasteiger partial charge in [-0.15, -0.1) is 0 Å². The van der Waals surface area contributed by atoms with Gasteiger partial charge in [0.05, 0.1) is 12.1 Å². The number of benzene rings is 2. The topological polar surface area (TPSA) is 58.6 Å². The van der Waals surface area contributed by atoms with E-state index in [1.165, 1.54) is 0 Å². The fourth-order valence-corrected chi connectivity index (χ4v) is 2.67. The third-order valence-electron chi connectivity index (χ3n) is 4.21. The fraction of sp³-hybridized carbons (Fsp3) is 0.263. The molecule has 0 saturated heterocycles. The van der Waals surface area contributed by atoms with Crippen molar-refractivity contribution in [2.24, 2.45) is 0 Å². The normalized spacial score (nSPS) is 13.2. The zero-order valence-corrected chi connectivity index (χ0v) is 13.8. The minimum atomic E-state index is -0.0803. The molecule has 0 bridgehead atoms. The van der Waals surface area contributed by atoms with Gasteiger partial charge in [-0.2, -0.15) is 0 Å². The van der Waals surface area contributed by atoms with Crippen molar-refractivity contribution in [1.29, 1.82) is 0 Å². The maximum Gasteiger partial charge on any atom is 0.264 e. The Bertz CT molecular complexity index is 786. The van der Waals surface area contributed by atoms with Crippen LogP contribution >= 0.6 is 0 Å². The first-order valence-electron chi connectivity index (χ1n) is 7.88. The number of anilines is 1. The summed E-state index contributed by atoms with van der Waals surface area (Å²) in [5.74, 6) is 0.582. The van der Waals surface area contributed by atoms with Crippen molar-refractivity contribution in [3.8, 4) is 5.75 Å². The molecule has 3 rings (SSSR count). The molecule has 0 unspecified atom stereocenters. The highest BCUT2D eigenvalue weighted by atomic mass is 16.5. The van der Waals surface area contributed by atoms with Gasteiger partial charge < -0.3 is 15.0 Å². The zero-order chi connectivity index (χ0) is 17.1. The van der Waals surface area contributed by atoms with Gasteiger partial charge in [0.15, 0.2) is 6.61 Å². The number of aryl methyl sites for hydroxylation is 1. The number of nitrogens with zero attached hydrogens (tertiary/aromatic N) is 1. The first kappa shape index (κ1) is 16.1. The summed E-state index contributed by atoms with van der Waals surface area (Å²) in [6.45, 7) is 2.48. The van der Waals surface area contributed by atoms with Crippen LogP contribution in [0.25, 0.3) is 0 Å². The summed E-state index contributed by atoms with van der Waals surface area (Å²) >= 11 is 0. The first-order chi connectivity index (χ1) is 11.5. The van der Waals surface area contributed by atoms with Gasteiger partial charge >= 0.3 is 0 Å². The van der Waals surface area contributed by atoms with E-state index in [-0.39, 0.29) is 18.4 Å². The van der Waals surface area contributed by atoms with E-state index in [2.05, 4.69) is 5.32 Å². The third kappa shape index (κ3) is 3.40. The molecule has 0 saturated carbocycles. The van der Waals surface area contributed by atoms with E-state index in [0.717, 1.165) is 22.4 Å². The Labute approximate surface area is 141 Å². The molecule has 0 aliphatic carbocycles. The Balaban J connectivity index is 1.64. The molecule has 0 spiro atoms. The van der Waals surface area contributed by atoms with Crippen molar-refractivity contribution in [2.45, 2.75) is 19.9 Å². The van der Waals surface area contributed by atoms with Crippen molar-refractivity contribution in [3.63, 3.8) is 0 Å². The average molecular weight is 324 g/mol. The van der Waals surface area contributed by atoms with Crippen LogP contribution in [0, 0.1) is 6.92 Å². The number of ether oxygens (including phenoxy) is 1. The molecular formula is C19H20N2O3. The second kappa shape index (κ2) is 6.74. The van der Waals surface area contributed by atoms with E-state index in [4.69, 9.17) is 4.74 Å². The maximum atomic E-state index is 12.1. The van der Waals surface area contributed by atoms with Crippen LogP contribution in [0.1, 0.15) is 16.7 Å². The van der Waals surface area contributed by atoms with Crippen LogP contribution in [0.4, 0.5) is 5.69 Å². The van der Waals surface area contributed by atoms with E-state index >= 15 is 0 Å². The van der Waals surface area contributed by atoms with Crippen LogP contribution in [-0.2, 0) is 22.6 Å². The summed E-state index contributed by atoms with van der Waals surface area (Å²) in [6.07, 6.45) is 0.360. The largest absolute Gasteiger partial charge is 0.482 e. The van der Waals surface area contributed by atoms with Gasteiger partial charge in [0, 0.05) is 13.6 Å². The number of carbonyl (C=O) groups excluding carboxylic acids is 2. The smallest absolute Gasteiger partial charge is 0.264 e. The quantitative estimate of drug-likeness (QED) is 0.938. The fourth-order valence-electron chi connectivity index (χ4n) is 2.67. The van der Waals surface area contributed by atoms with Crippen LogP contribution in [0.15, 0.2) is 42.5 Å².